The van der Waals surface area contributed by atoms with E-state index in [2.05, 4.69) is 10.6 Å². The van der Waals surface area contributed by atoms with Crippen molar-refractivity contribution in [1.82, 2.24) is 10.6 Å². The van der Waals surface area contributed by atoms with E-state index in [1.807, 2.05) is 18.2 Å². The number of ether oxygens (including phenoxy) is 1. The number of aliphatic hydroxyl groups is 1. The molecule has 5 nitrogen and oxygen atoms in total. The number of rotatable bonds is 6. The number of benzene rings is 1. The SMILES string of the molecule is O=C(NC[C@H]1OC[C@@H](NCC2CC2)[C@@H]1O)c1ccccc1. The highest BCUT2D eigenvalue weighted by molar-refractivity contribution is 5.94. The van der Waals surface area contributed by atoms with Crippen LogP contribution in [0, 0.1) is 5.92 Å². The lowest BCUT2D eigenvalue weighted by Gasteiger charge is -2.18. The Labute approximate surface area is 124 Å². The first-order valence-corrected chi connectivity index (χ1v) is 7.60. The summed E-state index contributed by atoms with van der Waals surface area (Å²) in [6.45, 7) is 1.78. The summed E-state index contributed by atoms with van der Waals surface area (Å²) in [5.74, 6) is 0.634. The highest BCUT2D eigenvalue weighted by atomic mass is 16.5. The van der Waals surface area contributed by atoms with Crippen molar-refractivity contribution >= 4 is 5.91 Å². The summed E-state index contributed by atoms with van der Waals surface area (Å²) < 4.78 is 5.59. The Bertz CT molecular complexity index is 476. The van der Waals surface area contributed by atoms with Crippen LogP contribution >= 0.6 is 0 Å². The molecule has 2 aliphatic rings. The minimum Gasteiger partial charge on any atom is -0.389 e. The van der Waals surface area contributed by atoms with E-state index in [0.29, 0.717) is 18.7 Å². The molecule has 2 fully saturated rings. The van der Waals surface area contributed by atoms with Gasteiger partial charge in [-0.3, -0.25) is 4.79 Å². The summed E-state index contributed by atoms with van der Waals surface area (Å²) in [4.78, 5) is 11.9. The van der Waals surface area contributed by atoms with Crippen molar-refractivity contribution in [2.24, 2.45) is 5.92 Å². The third-order valence-electron chi connectivity index (χ3n) is 4.15. The third-order valence-corrected chi connectivity index (χ3v) is 4.15. The molecule has 3 rings (SSSR count). The van der Waals surface area contributed by atoms with Gasteiger partial charge >= 0.3 is 0 Å². The Morgan fingerprint density at radius 1 is 1.24 bits per heavy atom. The van der Waals surface area contributed by atoms with Crippen LogP contribution in [0.1, 0.15) is 23.2 Å². The maximum Gasteiger partial charge on any atom is 0.251 e. The summed E-state index contributed by atoms with van der Waals surface area (Å²) in [6, 6.07) is 9.03. The normalized spacial score (nSPS) is 28.5. The molecule has 3 atom stereocenters. The molecule has 1 aliphatic heterocycles. The first-order chi connectivity index (χ1) is 10.2. The molecule has 0 bridgehead atoms. The van der Waals surface area contributed by atoms with Crippen LogP contribution in [0.25, 0.3) is 0 Å². The molecule has 1 saturated carbocycles. The summed E-state index contributed by atoms with van der Waals surface area (Å²) >= 11 is 0. The Hall–Kier alpha value is -1.43. The van der Waals surface area contributed by atoms with Crippen LogP contribution in [0.15, 0.2) is 30.3 Å². The Morgan fingerprint density at radius 3 is 2.71 bits per heavy atom. The molecule has 0 unspecified atom stereocenters. The average molecular weight is 290 g/mol. The summed E-state index contributed by atoms with van der Waals surface area (Å²) in [7, 11) is 0. The number of amides is 1. The monoisotopic (exact) mass is 290 g/mol. The Balaban J connectivity index is 1.44. The zero-order valence-electron chi connectivity index (χ0n) is 12.0. The predicted molar refractivity (Wildman–Crippen MR) is 79.0 cm³/mol. The summed E-state index contributed by atoms with van der Waals surface area (Å²) in [6.07, 6.45) is 1.66. The second kappa shape index (κ2) is 6.56. The molecule has 3 N–H and O–H groups in total. The van der Waals surface area contributed by atoms with Crippen molar-refractivity contribution in [1.29, 1.82) is 0 Å². The Morgan fingerprint density at radius 2 is 2.00 bits per heavy atom. The molecule has 1 aromatic rings. The van der Waals surface area contributed by atoms with Gasteiger partial charge in [0.25, 0.3) is 5.91 Å². The zero-order valence-corrected chi connectivity index (χ0v) is 12.0. The molecule has 114 valence electrons. The fraction of sp³-hybridized carbons (Fsp3) is 0.562. The molecule has 0 spiro atoms. The molecule has 21 heavy (non-hydrogen) atoms. The lowest BCUT2D eigenvalue weighted by molar-refractivity contribution is 0.0399. The van der Waals surface area contributed by atoms with Crippen molar-refractivity contribution in [2.75, 3.05) is 19.7 Å². The summed E-state index contributed by atoms with van der Waals surface area (Å²) in [5, 5.41) is 16.4. The van der Waals surface area contributed by atoms with Crippen molar-refractivity contribution < 1.29 is 14.6 Å². The van der Waals surface area contributed by atoms with Crippen LogP contribution in [-0.2, 0) is 4.74 Å². The van der Waals surface area contributed by atoms with E-state index < -0.39 is 6.10 Å². The third kappa shape index (κ3) is 3.81. The van der Waals surface area contributed by atoms with Crippen LogP contribution in [-0.4, -0.2) is 49.0 Å². The fourth-order valence-electron chi connectivity index (χ4n) is 2.57. The van der Waals surface area contributed by atoms with Crippen molar-refractivity contribution in [3.8, 4) is 0 Å². The molecule has 0 aromatic heterocycles. The van der Waals surface area contributed by atoms with Crippen LogP contribution in [0.3, 0.4) is 0 Å². The first kappa shape index (κ1) is 14.5. The molecule has 0 radical (unpaired) electrons. The Kier molecular flexibility index (Phi) is 4.53. The van der Waals surface area contributed by atoms with Gasteiger partial charge in [-0.05, 0) is 37.4 Å². The van der Waals surface area contributed by atoms with Gasteiger partial charge in [-0.15, -0.1) is 0 Å². The minimum atomic E-state index is -0.570. The maximum absolute atomic E-state index is 11.9. The van der Waals surface area contributed by atoms with Crippen LogP contribution in [0.5, 0.6) is 0 Å². The highest BCUT2D eigenvalue weighted by Gasteiger charge is 2.36. The quantitative estimate of drug-likeness (QED) is 0.715. The van der Waals surface area contributed by atoms with E-state index in [1.165, 1.54) is 12.8 Å². The van der Waals surface area contributed by atoms with Crippen LogP contribution in [0.4, 0.5) is 0 Å². The second-order valence-corrected chi connectivity index (χ2v) is 5.90. The number of hydrogen-bond donors (Lipinski definition) is 3. The topological polar surface area (TPSA) is 70.6 Å². The number of nitrogens with one attached hydrogen (secondary N) is 2. The van der Waals surface area contributed by atoms with Gasteiger partial charge in [0, 0.05) is 12.1 Å². The highest BCUT2D eigenvalue weighted by Crippen LogP contribution is 2.28. The lowest BCUT2D eigenvalue weighted by atomic mass is 10.1. The van der Waals surface area contributed by atoms with E-state index in [4.69, 9.17) is 4.74 Å². The van der Waals surface area contributed by atoms with Gasteiger partial charge < -0.3 is 20.5 Å². The lowest BCUT2D eigenvalue weighted by Crippen LogP contribution is -2.45. The molecular weight excluding hydrogens is 268 g/mol. The van der Waals surface area contributed by atoms with Crippen molar-refractivity contribution in [3.63, 3.8) is 0 Å². The van der Waals surface area contributed by atoms with Gasteiger partial charge in [0.1, 0.15) is 6.10 Å². The molecule has 1 amide bonds. The van der Waals surface area contributed by atoms with Gasteiger partial charge in [0.05, 0.1) is 18.8 Å². The van der Waals surface area contributed by atoms with E-state index in [-0.39, 0.29) is 18.1 Å². The van der Waals surface area contributed by atoms with Gasteiger partial charge in [-0.25, -0.2) is 0 Å². The van der Waals surface area contributed by atoms with Crippen LogP contribution in [0.2, 0.25) is 0 Å². The second-order valence-electron chi connectivity index (χ2n) is 5.90. The predicted octanol–water partition coefficient (Wildman–Crippen LogP) is 0.544. The van der Waals surface area contributed by atoms with E-state index >= 15 is 0 Å². The standard InChI is InChI=1S/C16H22N2O3/c19-15-13(17-8-11-6-7-11)10-21-14(15)9-18-16(20)12-4-2-1-3-5-12/h1-5,11,13-15,17,19H,6-10H2,(H,18,20)/t13-,14-,15+/m1/s1. The number of carbonyl (C=O) groups excluding carboxylic acids is 1. The van der Waals surface area contributed by atoms with Gasteiger partial charge in [0.15, 0.2) is 0 Å². The van der Waals surface area contributed by atoms with Gasteiger partial charge in [-0.1, -0.05) is 18.2 Å². The van der Waals surface area contributed by atoms with Gasteiger partial charge in [0.2, 0.25) is 0 Å². The molecular formula is C16H22N2O3. The smallest absolute Gasteiger partial charge is 0.251 e. The maximum atomic E-state index is 11.9. The zero-order chi connectivity index (χ0) is 14.7. The molecule has 1 heterocycles. The summed E-state index contributed by atoms with van der Waals surface area (Å²) in [5.41, 5.74) is 0.619. The van der Waals surface area contributed by atoms with Crippen molar-refractivity contribution in [3.05, 3.63) is 35.9 Å². The largest absolute Gasteiger partial charge is 0.389 e. The number of carbonyl (C=O) groups is 1. The molecule has 1 aromatic carbocycles. The average Bonchev–Trinajstić information content (AvgIpc) is 3.28. The number of hydrogen-bond acceptors (Lipinski definition) is 4. The number of aliphatic hydroxyl groups excluding tert-OH is 1. The minimum absolute atomic E-state index is 0.0239. The molecule has 5 heteroatoms. The van der Waals surface area contributed by atoms with Gasteiger partial charge in [-0.2, -0.15) is 0 Å². The fourth-order valence-corrected chi connectivity index (χ4v) is 2.57. The van der Waals surface area contributed by atoms with E-state index in [1.54, 1.807) is 12.1 Å². The van der Waals surface area contributed by atoms with E-state index in [0.717, 1.165) is 12.5 Å². The molecule has 1 saturated heterocycles. The van der Waals surface area contributed by atoms with Crippen molar-refractivity contribution in [2.45, 2.75) is 31.1 Å². The van der Waals surface area contributed by atoms with Crippen LogP contribution < -0.4 is 10.6 Å². The first-order valence-electron chi connectivity index (χ1n) is 7.60. The van der Waals surface area contributed by atoms with E-state index in [9.17, 15) is 9.90 Å². The molecule has 1 aliphatic carbocycles.